The van der Waals surface area contributed by atoms with E-state index in [-0.39, 0.29) is 18.1 Å². The number of amides is 3. The number of nitrogens with one attached hydrogen (secondary N) is 1. The van der Waals surface area contributed by atoms with Crippen LogP contribution in [-0.4, -0.2) is 34.1 Å². The van der Waals surface area contributed by atoms with Gasteiger partial charge in [-0.3, -0.25) is 19.8 Å². The van der Waals surface area contributed by atoms with Crippen LogP contribution < -0.4 is 5.32 Å². The number of imide groups is 1. The summed E-state index contributed by atoms with van der Waals surface area (Å²) in [5, 5.41) is 14.1. The molecule has 0 bridgehead atoms. The summed E-state index contributed by atoms with van der Waals surface area (Å²) >= 11 is 7.37. The Morgan fingerprint density at radius 2 is 1.78 bits per heavy atom. The van der Waals surface area contributed by atoms with Crippen LogP contribution in [0.3, 0.4) is 0 Å². The molecule has 1 fully saturated rings. The molecule has 1 aliphatic rings. The monoisotopic (exact) mass is 405 g/mol. The highest BCUT2D eigenvalue weighted by Gasteiger charge is 2.48. The molecule has 3 rings (SSSR count). The molecule has 27 heavy (non-hydrogen) atoms. The number of rotatable bonds is 6. The molecule has 0 saturated carbocycles. The summed E-state index contributed by atoms with van der Waals surface area (Å²) in [6.07, 6.45) is 0. The highest BCUT2D eigenvalue weighted by atomic mass is 35.5. The molecular weight excluding hydrogens is 390 g/mol. The van der Waals surface area contributed by atoms with E-state index in [4.69, 9.17) is 11.6 Å². The van der Waals surface area contributed by atoms with Crippen molar-refractivity contribution in [1.29, 1.82) is 0 Å². The smallest absolute Gasteiger partial charge is 0.319 e. The van der Waals surface area contributed by atoms with E-state index >= 15 is 0 Å². The van der Waals surface area contributed by atoms with Crippen LogP contribution in [0.5, 0.6) is 0 Å². The maximum absolute atomic E-state index is 12.8. The van der Waals surface area contributed by atoms with Crippen molar-refractivity contribution in [2.45, 2.75) is 17.4 Å². The number of nitro benzene ring substituents is 1. The fourth-order valence-electron chi connectivity index (χ4n) is 2.80. The fourth-order valence-corrected chi connectivity index (χ4v) is 3.76. The molecule has 1 saturated heterocycles. The first kappa shape index (κ1) is 19.2. The van der Waals surface area contributed by atoms with Gasteiger partial charge in [0.05, 0.1) is 4.92 Å². The number of nitrogens with zero attached hydrogens (tertiary/aromatic N) is 2. The van der Waals surface area contributed by atoms with Crippen molar-refractivity contribution in [3.05, 3.63) is 69.2 Å². The average molecular weight is 406 g/mol. The molecule has 0 radical (unpaired) electrons. The quantitative estimate of drug-likeness (QED) is 0.341. The van der Waals surface area contributed by atoms with Crippen molar-refractivity contribution in [1.82, 2.24) is 10.2 Å². The first-order chi connectivity index (χ1) is 12.8. The van der Waals surface area contributed by atoms with Gasteiger partial charge >= 0.3 is 6.03 Å². The number of carbonyl (C=O) groups is 2. The van der Waals surface area contributed by atoms with Crippen LogP contribution in [0.2, 0.25) is 5.02 Å². The SMILES string of the molecule is CC1(c2ccc([N+](=O)[O-])cc2)NC(=O)N(CCSc2ccc(Cl)cc2)C1=O. The molecule has 1 aliphatic heterocycles. The van der Waals surface area contributed by atoms with Crippen molar-refractivity contribution in [2.24, 2.45) is 0 Å². The Labute approximate surface area is 164 Å². The van der Waals surface area contributed by atoms with E-state index in [1.54, 1.807) is 19.1 Å². The van der Waals surface area contributed by atoms with Crippen LogP contribution in [0.15, 0.2) is 53.4 Å². The standard InChI is InChI=1S/C18H16ClN3O4S/c1-18(12-2-6-14(7-3-12)22(25)26)16(23)21(17(24)20-18)10-11-27-15-8-4-13(19)5-9-15/h2-9H,10-11H2,1H3,(H,20,24). The fraction of sp³-hybridized carbons (Fsp3) is 0.222. The highest BCUT2D eigenvalue weighted by Crippen LogP contribution is 2.30. The van der Waals surface area contributed by atoms with E-state index in [9.17, 15) is 19.7 Å². The number of carbonyl (C=O) groups excluding carboxylic acids is 2. The Morgan fingerprint density at radius 1 is 1.15 bits per heavy atom. The molecule has 1 N–H and O–H groups in total. The van der Waals surface area contributed by atoms with Crippen LogP contribution in [0.4, 0.5) is 10.5 Å². The molecule has 9 heteroatoms. The van der Waals surface area contributed by atoms with Gasteiger partial charge in [-0.1, -0.05) is 11.6 Å². The third-order valence-electron chi connectivity index (χ3n) is 4.33. The molecule has 1 atom stereocenters. The molecule has 0 aromatic heterocycles. The molecule has 0 aliphatic carbocycles. The second-order valence-electron chi connectivity index (χ2n) is 6.12. The molecule has 0 spiro atoms. The van der Waals surface area contributed by atoms with E-state index < -0.39 is 16.5 Å². The van der Waals surface area contributed by atoms with Gasteiger partial charge in [-0.15, -0.1) is 11.8 Å². The summed E-state index contributed by atoms with van der Waals surface area (Å²) in [4.78, 5) is 37.6. The van der Waals surface area contributed by atoms with Crippen LogP contribution in [-0.2, 0) is 10.3 Å². The van der Waals surface area contributed by atoms with Crippen LogP contribution >= 0.6 is 23.4 Å². The molecule has 2 aromatic carbocycles. The Balaban J connectivity index is 1.68. The highest BCUT2D eigenvalue weighted by molar-refractivity contribution is 7.99. The Morgan fingerprint density at radius 3 is 2.37 bits per heavy atom. The lowest BCUT2D eigenvalue weighted by molar-refractivity contribution is -0.384. The second-order valence-corrected chi connectivity index (χ2v) is 7.72. The Bertz CT molecular complexity index is 888. The third kappa shape index (κ3) is 3.91. The van der Waals surface area contributed by atoms with E-state index in [2.05, 4.69) is 5.32 Å². The summed E-state index contributed by atoms with van der Waals surface area (Å²) in [5.41, 5.74) is -0.813. The Kier molecular flexibility index (Phi) is 5.38. The molecular formula is C18H16ClN3O4S. The lowest BCUT2D eigenvalue weighted by atomic mass is 9.92. The molecule has 3 amide bonds. The maximum atomic E-state index is 12.8. The number of halogens is 1. The number of thioether (sulfide) groups is 1. The summed E-state index contributed by atoms with van der Waals surface area (Å²) < 4.78 is 0. The number of nitro groups is 1. The van der Waals surface area contributed by atoms with E-state index in [0.29, 0.717) is 16.3 Å². The summed E-state index contributed by atoms with van der Waals surface area (Å²) in [5.74, 6) is 0.162. The van der Waals surface area contributed by atoms with Gasteiger partial charge in [-0.2, -0.15) is 0 Å². The van der Waals surface area contributed by atoms with Crippen LogP contribution in [0, 0.1) is 10.1 Å². The Hall–Kier alpha value is -2.58. The van der Waals surface area contributed by atoms with Crippen molar-refractivity contribution in [2.75, 3.05) is 12.3 Å². The van der Waals surface area contributed by atoms with Gasteiger partial charge in [0.15, 0.2) is 0 Å². The molecule has 1 unspecified atom stereocenters. The number of non-ortho nitro benzene ring substituents is 1. The third-order valence-corrected chi connectivity index (χ3v) is 5.57. The van der Waals surface area contributed by atoms with Gasteiger partial charge in [-0.05, 0) is 48.9 Å². The molecule has 2 aromatic rings. The summed E-state index contributed by atoms with van der Waals surface area (Å²) in [7, 11) is 0. The number of hydrogen-bond donors (Lipinski definition) is 1. The average Bonchev–Trinajstić information content (AvgIpc) is 2.87. The van der Waals surface area contributed by atoms with Crippen molar-refractivity contribution < 1.29 is 14.5 Å². The summed E-state index contributed by atoms with van der Waals surface area (Å²) in [6.45, 7) is 1.85. The zero-order valence-electron chi connectivity index (χ0n) is 14.3. The van der Waals surface area contributed by atoms with Gasteiger partial charge in [-0.25, -0.2) is 4.79 Å². The van der Waals surface area contributed by atoms with Gasteiger partial charge in [0.2, 0.25) is 0 Å². The molecule has 1 heterocycles. The minimum atomic E-state index is -1.24. The largest absolute Gasteiger partial charge is 0.325 e. The van der Waals surface area contributed by atoms with Crippen molar-refractivity contribution >= 4 is 41.0 Å². The van der Waals surface area contributed by atoms with E-state index in [1.807, 2.05) is 12.1 Å². The lowest BCUT2D eigenvalue weighted by Gasteiger charge is -2.22. The predicted molar refractivity (Wildman–Crippen MR) is 103 cm³/mol. The van der Waals surface area contributed by atoms with Crippen LogP contribution in [0.25, 0.3) is 0 Å². The van der Waals surface area contributed by atoms with Gasteiger partial charge in [0, 0.05) is 34.3 Å². The zero-order chi connectivity index (χ0) is 19.6. The van der Waals surface area contributed by atoms with Gasteiger partial charge in [0.1, 0.15) is 5.54 Å². The molecule has 140 valence electrons. The number of urea groups is 1. The van der Waals surface area contributed by atoms with Crippen molar-refractivity contribution in [3.63, 3.8) is 0 Å². The molecule has 7 nitrogen and oxygen atoms in total. The van der Waals surface area contributed by atoms with Gasteiger partial charge in [0.25, 0.3) is 11.6 Å². The normalized spacial score (nSPS) is 19.3. The summed E-state index contributed by atoms with van der Waals surface area (Å²) in [6, 6.07) is 12.5. The zero-order valence-corrected chi connectivity index (χ0v) is 15.9. The minimum absolute atomic E-state index is 0.0738. The lowest BCUT2D eigenvalue weighted by Crippen LogP contribution is -2.41. The predicted octanol–water partition coefficient (Wildman–Crippen LogP) is 3.81. The van der Waals surface area contributed by atoms with Crippen LogP contribution in [0.1, 0.15) is 12.5 Å². The topological polar surface area (TPSA) is 92.6 Å². The maximum Gasteiger partial charge on any atom is 0.325 e. The second kappa shape index (κ2) is 7.58. The first-order valence-corrected chi connectivity index (χ1v) is 9.45. The first-order valence-electron chi connectivity index (χ1n) is 8.08. The van der Waals surface area contributed by atoms with E-state index in [1.165, 1.54) is 40.9 Å². The minimum Gasteiger partial charge on any atom is -0.319 e. The van der Waals surface area contributed by atoms with Gasteiger partial charge < -0.3 is 5.32 Å². The number of benzene rings is 2. The number of hydrogen-bond acceptors (Lipinski definition) is 5. The van der Waals surface area contributed by atoms with Crippen molar-refractivity contribution in [3.8, 4) is 0 Å². The van der Waals surface area contributed by atoms with E-state index in [0.717, 1.165) is 4.90 Å².